The van der Waals surface area contributed by atoms with Gasteiger partial charge in [0.15, 0.2) is 0 Å². The fraction of sp³-hybridized carbons (Fsp3) is 0.222. The van der Waals surface area contributed by atoms with Crippen molar-refractivity contribution in [1.29, 1.82) is 0 Å². The van der Waals surface area contributed by atoms with Crippen molar-refractivity contribution >= 4 is 17.5 Å². The van der Waals surface area contributed by atoms with Gasteiger partial charge in [0.1, 0.15) is 0 Å². The summed E-state index contributed by atoms with van der Waals surface area (Å²) in [4.78, 5) is 23.5. The van der Waals surface area contributed by atoms with Gasteiger partial charge in [0.05, 0.1) is 0 Å². The van der Waals surface area contributed by atoms with Gasteiger partial charge >= 0.3 is 11.8 Å². The molecule has 0 saturated carbocycles. The van der Waals surface area contributed by atoms with Gasteiger partial charge in [0.2, 0.25) is 0 Å². The summed E-state index contributed by atoms with van der Waals surface area (Å²) >= 11 is 0. The molecule has 5 nitrogen and oxygen atoms in total. The second kappa shape index (κ2) is 8.10. The average molecular weight is 312 g/mol. The molecule has 0 aliphatic heterocycles. The predicted molar refractivity (Wildman–Crippen MR) is 89.8 cm³/mol. The van der Waals surface area contributed by atoms with Gasteiger partial charge in [-0.3, -0.25) is 9.59 Å². The van der Waals surface area contributed by atoms with Crippen LogP contribution in [0.15, 0.2) is 54.6 Å². The van der Waals surface area contributed by atoms with E-state index >= 15 is 0 Å². The lowest BCUT2D eigenvalue weighted by molar-refractivity contribution is -0.136. The Bertz CT molecular complexity index is 654. The van der Waals surface area contributed by atoms with Crippen molar-refractivity contribution in [2.45, 2.75) is 19.4 Å². The molecular formula is C18H20N2O3. The predicted octanol–water partition coefficient (Wildman–Crippen LogP) is 2.18. The summed E-state index contributed by atoms with van der Waals surface area (Å²) in [6.45, 7) is 1.69. The highest BCUT2D eigenvalue weighted by molar-refractivity contribution is 6.39. The number of benzene rings is 2. The van der Waals surface area contributed by atoms with E-state index in [9.17, 15) is 9.59 Å². The molecule has 0 unspecified atom stereocenters. The van der Waals surface area contributed by atoms with Crippen molar-refractivity contribution in [2.75, 3.05) is 11.9 Å². The fourth-order valence-electron chi connectivity index (χ4n) is 2.12. The van der Waals surface area contributed by atoms with Crippen LogP contribution in [0.1, 0.15) is 13.3 Å². The lowest BCUT2D eigenvalue weighted by Gasteiger charge is -2.12. The van der Waals surface area contributed by atoms with Crippen molar-refractivity contribution < 1.29 is 14.7 Å². The zero-order valence-corrected chi connectivity index (χ0v) is 13.0. The molecule has 2 aromatic carbocycles. The smallest absolute Gasteiger partial charge is 0.313 e. The van der Waals surface area contributed by atoms with Gasteiger partial charge in [-0.1, -0.05) is 42.5 Å². The Morgan fingerprint density at radius 2 is 1.57 bits per heavy atom. The third-order valence-electron chi connectivity index (χ3n) is 3.40. The van der Waals surface area contributed by atoms with E-state index in [1.165, 1.54) is 0 Å². The Labute approximate surface area is 135 Å². The number of hydrogen-bond acceptors (Lipinski definition) is 3. The number of carbonyl (C=O) groups excluding carboxylic acids is 2. The van der Waals surface area contributed by atoms with Crippen LogP contribution < -0.4 is 10.6 Å². The minimum atomic E-state index is -0.720. The summed E-state index contributed by atoms with van der Waals surface area (Å²) in [5.74, 6) is -1.43. The van der Waals surface area contributed by atoms with E-state index in [1.54, 1.807) is 19.1 Å². The maximum Gasteiger partial charge on any atom is 0.313 e. The lowest BCUT2D eigenvalue weighted by Crippen LogP contribution is -2.40. The molecule has 0 spiro atoms. The average Bonchev–Trinajstić information content (AvgIpc) is 2.56. The largest absolute Gasteiger partial charge is 0.396 e. The molecule has 0 aliphatic rings. The molecule has 0 bridgehead atoms. The number of aliphatic hydroxyl groups is 1. The van der Waals surface area contributed by atoms with Gasteiger partial charge in [0, 0.05) is 18.3 Å². The van der Waals surface area contributed by atoms with E-state index < -0.39 is 11.8 Å². The zero-order chi connectivity index (χ0) is 16.7. The van der Waals surface area contributed by atoms with Gasteiger partial charge in [-0.2, -0.15) is 0 Å². The van der Waals surface area contributed by atoms with Gasteiger partial charge in [0.25, 0.3) is 0 Å². The van der Waals surface area contributed by atoms with E-state index in [4.69, 9.17) is 5.11 Å². The van der Waals surface area contributed by atoms with E-state index in [0.29, 0.717) is 12.1 Å². The van der Waals surface area contributed by atoms with Crippen LogP contribution in [0.25, 0.3) is 11.1 Å². The zero-order valence-electron chi connectivity index (χ0n) is 13.0. The molecule has 3 N–H and O–H groups in total. The van der Waals surface area contributed by atoms with Gasteiger partial charge < -0.3 is 15.7 Å². The fourth-order valence-corrected chi connectivity index (χ4v) is 2.12. The summed E-state index contributed by atoms with van der Waals surface area (Å²) in [7, 11) is 0. The molecule has 0 aliphatic carbocycles. The van der Waals surface area contributed by atoms with Crippen LogP contribution in [0.4, 0.5) is 5.69 Å². The van der Waals surface area contributed by atoms with Crippen molar-refractivity contribution in [1.82, 2.24) is 5.32 Å². The Hall–Kier alpha value is -2.66. The highest BCUT2D eigenvalue weighted by atomic mass is 16.3. The van der Waals surface area contributed by atoms with E-state index in [0.717, 1.165) is 11.1 Å². The van der Waals surface area contributed by atoms with Gasteiger partial charge in [-0.05, 0) is 36.6 Å². The maximum absolute atomic E-state index is 11.8. The first-order valence-corrected chi connectivity index (χ1v) is 7.48. The topological polar surface area (TPSA) is 78.4 Å². The SMILES string of the molecule is C[C@H](CCO)NC(=O)C(=O)Nc1ccc(-c2ccccc2)cc1. The summed E-state index contributed by atoms with van der Waals surface area (Å²) in [6.07, 6.45) is 0.408. The summed E-state index contributed by atoms with van der Waals surface area (Å²) < 4.78 is 0. The van der Waals surface area contributed by atoms with Crippen LogP contribution in [0.3, 0.4) is 0 Å². The normalized spacial score (nSPS) is 11.6. The number of rotatable bonds is 5. The Balaban J connectivity index is 1.95. The molecule has 5 heteroatoms. The lowest BCUT2D eigenvalue weighted by atomic mass is 10.1. The summed E-state index contributed by atoms with van der Waals surface area (Å²) in [6, 6.07) is 16.9. The third-order valence-corrected chi connectivity index (χ3v) is 3.40. The van der Waals surface area contributed by atoms with E-state index in [2.05, 4.69) is 10.6 Å². The molecule has 0 heterocycles. The summed E-state index contributed by atoms with van der Waals surface area (Å²) in [5.41, 5.74) is 2.67. The minimum absolute atomic E-state index is 0.0377. The second-order valence-electron chi connectivity index (χ2n) is 5.28. The molecule has 0 aromatic heterocycles. The number of nitrogens with one attached hydrogen (secondary N) is 2. The quantitative estimate of drug-likeness (QED) is 0.741. The number of aliphatic hydroxyl groups excluding tert-OH is 1. The van der Waals surface area contributed by atoms with Crippen molar-refractivity contribution in [3.63, 3.8) is 0 Å². The monoisotopic (exact) mass is 312 g/mol. The number of carbonyl (C=O) groups is 2. The van der Waals surface area contributed by atoms with Gasteiger partial charge in [-0.15, -0.1) is 0 Å². The number of amides is 2. The Kier molecular flexibility index (Phi) is 5.88. The third kappa shape index (κ3) is 4.93. The molecule has 120 valence electrons. The standard InChI is InChI=1S/C18H20N2O3/c1-13(11-12-21)19-17(22)18(23)20-16-9-7-15(8-10-16)14-5-3-2-4-6-14/h2-10,13,21H,11-12H2,1H3,(H,19,22)(H,20,23)/t13-/m1/s1. The van der Waals surface area contributed by atoms with Crippen LogP contribution in [0, 0.1) is 0 Å². The van der Waals surface area contributed by atoms with E-state index in [-0.39, 0.29) is 12.6 Å². The number of anilines is 1. The van der Waals surface area contributed by atoms with Crippen LogP contribution >= 0.6 is 0 Å². The van der Waals surface area contributed by atoms with Crippen LogP contribution in [0.5, 0.6) is 0 Å². The number of hydrogen-bond donors (Lipinski definition) is 3. The Morgan fingerprint density at radius 1 is 0.957 bits per heavy atom. The van der Waals surface area contributed by atoms with Crippen LogP contribution in [0.2, 0.25) is 0 Å². The molecule has 2 rings (SSSR count). The molecule has 2 aromatic rings. The molecular weight excluding hydrogens is 292 g/mol. The first kappa shape index (κ1) is 16.7. The molecule has 0 saturated heterocycles. The molecule has 0 radical (unpaired) electrons. The first-order chi connectivity index (χ1) is 11.1. The maximum atomic E-state index is 11.8. The minimum Gasteiger partial charge on any atom is -0.396 e. The van der Waals surface area contributed by atoms with Crippen molar-refractivity contribution in [3.8, 4) is 11.1 Å². The van der Waals surface area contributed by atoms with Crippen LogP contribution in [-0.4, -0.2) is 29.6 Å². The second-order valence-corrected chi connectivity index (χ2v) is 5.28. The molecule has 2 amide bonds. The van der Waals surface area contributed by atoms with Crippen molar-refractivity contribution in [2.24, 2.45) is 0 Å². The molecule has 0 fully saturated rings. The highest BCUT2D eigenvalue weighted by Gasteiger charge is 2.15. The molecule has 23 heavy (non-hydrogen) atoms. The summed E-state index contributed by atoms with van der Waals surface area (Å²) in [5, 5.41) is 13.9. The first-order valence-electron chi connectivity index (χ1n) is 7.48. The van der Waals surface area contributed by atoms with Crippen molar-refractivity contribution in [3.05, 3.63) is 54.6 Å². The van der Waals surface area contributed by atoms with Gasteiger partial charge in [-0.25, -0.2) is 0 Å². The Morgan fingerprint density at radius 3 is 2.17 bits per heavy atom. The highest BCUT2D eigenvalue weighted by Crippen LogP contribution is 2.20. The molecule has 1 atom stereocenters. The van der Waals surface area contributed by atoms with E-state index in [1.807, 2.05) is 42.5 Å². The van der Waals surface area contributed by atoms with Crippen LogP contribution in [-0.2, 0) is 9.59 Å².